The molecule has 0 N–H and O–H groups in total. The molecule has 0 unspecified atom stereocenters. The molecule has 0 aliphatic carbocycles. The Bertz CT molecular complexity index is 1080. The van der Waals surface area contributed by atoms with E-state index in [4.69, 9.17) is 0 Å². The zero-order valence-corrected chi connectivity index (χ0v) is 14.8. The summed E-state index contributed by atoms with van der Waals surface area (Å²) in [7, 11) is 0. The molecule has 30 heavy (non-hydrogen) atoms. The first-order chi connectivity index (χ1) is 14.0. The van der Waals surface area contributed by atoms with Gasteiger partial charge in [-0.2, -0.15) is 13.2 Å². The Labute approximate surface area is 164 Å². The van der Waals surface area contributed by atoms with Gasteiger partial charge in [0.25, 0.3) is 0 Å². The van der Waals surface area contributed by atoms with Crippen LogP contribution >= 0.6 is 0 Å². The lowest BCUT2D eigenvalue weighted by Gasteiger charge is -2.12. The number of carbonyl (C=O) groups excluding carboxylic acids is 1. The second kappa shape index (κ2) is 7.73. The molecule has 0 spiro atoms. The predicted molar refractivity (Wildman–Crippen MR) is 88.4 cm³/mol. The number of alkyl halides is 3. The van der Waals surface area contributed by atoms with E-state index in [0.29, 0.717) is 5.56 Å². The monoisotopic (exact) mass is 430 g/mol. The molecule has 0 saturated heterocycles. The predicted octanol–water partition coefficient (Wildman–Crippen LogP) is 5.25. The topological polar surface area (TPSA) is 52.1 Å². The third-order valence-corrected chi connectivity index (χ3v) is 3.80. The van der Waals surface area contributed by atoms with E-state index in [0.717, 1.165) is 12.1 Å². The number of rotatable bonds is 3. The lowest BCUT2D eigenvalue weighted by molar-refractivity contribution is -0.142. The van der Waals surface area contributed by atoms with E-state index < -0.39 is 52.3 Å². The van der Waals surface area contributed by atoms with Crippen LogP contribution in [0, 0.1) is 30.2 Å². The standard InChI is InChI=1S/C19H9F7N2O2/c1-8-6-27-17(28-7-8)9-2-11(20)15(12(21)3-9)18(29)30-10-4-13(22)16(14(23)5-10)19(24,25)26/h2-7H,1H3. The minimum Gasteiger partial charge on any atom is -0.423 e. The van der Waals surface area contributed by atoms with Crippen molar-refractivity contribution in [2.75, 3.05) is 0 Å². The van der Waals surface area contributed by atoms with Crippen LogP contribution in [-0.2, 0) is 6.18 Å². The van der Waals surface area contributed by atoms with E-state index in [2.05, 4.69) is 14.7 Å². The highest BCUT2D eigenvalue weighted by atomic mass is 19.4. The second-order valence-corrected chi connectivity index (χ2v) is 6.05. The van der Waals surface area contributed by atoms with Gasteiger partial charge in [0.05, 0.1) is 0 Å². The number of benzene rings is 2. The molecular formula is C19H9F7N2O2. The summed E-state index contributed by atoms with van der Waals surface area (Å²) in [5, 5.41) is 0. The Kier molecular flexibility index (Phi) is 5.47. The highest BCUT2D eigenvalue weighted by Crippen LogP contribution is 2.35. The van der Waals surface area contributed by atoms with Gasteiger partial charge < -0.3 is 4.74 Å². The Hall–Kier alpha value is -3.50. The van der Waals surface area contributed by atoms with Crippen LogP contribution in [0.5, 0.6) is 5.75 Å². The van der Waals surface area contributed by atoms with Crippen LogP contribution in [0.1, 0.15) is 21.5 Å². The Morgan fingerprint density at radius 2 is 1.37 bits per heavy atom. The number of halogens is 7. The molecule has 0 fully saturated rings. The van der Waals surface area contributed by atoms with Crippen molar-refractivity contribution < 1.29 is 40.3 Å². The SMILES string of the molecule is Cc1cnc(-c2cc(F)c(C(=O)Oc3cc(F)c(C(F)(F)F)c(F)c3)c(F)c2)nc1. The summed E-state index contributed by atoms with van der Waals surface area (Å²) in [5.41, 5.74) is -2.82. The van der Waals surface area contributed by atoms with Crippen LogP contribution in [0.4, 0.5) is 30.7 Å². The molecule has 3 aromatic rings. The van der Waals surface area contributed by atoms with Gasteiger partial charge in [0.2, 0.25) is 0 Å². The van der Waals surface area contributed by atoms with Crippen molar-refractivity contribution >= 4 is 5.97 Å². The third kappa shape index (κ3) is 4.24. The van der Waals surface area contributed by atoms with Crippen molar-refractivity contribution in [3.05, 3.63) is 76.6 Å². The van der Waals surface area contributed by atoms with Gasteiger partial charge in [0.1, 0.15) is 40.1 Å². The lowest BCUT2D eigenvalue weighted by atomic mass is 10.1. The Balaban J connectivity index is 1.92. The van der Waals surface area contributed by atoms with E-state index in [-0.39, 0.29) is 23.5 Å². The molecule has 0 aliphatic rings. The largest absolute Gasteiger partial charge is 0.423 e. The van der Waals surface area contributed by atoms with E-state index in [1.807, 2.05) is 0 Å². The maximum Gasteiger partial charge on any atom is 0.422 e. The van der Waals surface area contributed by atoms with Crippen molar-refractivity contribution in [1.29, 1.82) is 0 Å². The molecule has 1 aromatic heterocycles. The normalized spacial score (nSPS) is 11.5. The van der Waals surface area contributed by atoms with Gasteiger partial charge in [0.15, 0.2) is 5.82 Å². The molecule has 0 bridgehead atoms. The van der Waals surface area contributed by atoms with Gasteiger partial charge in [0, 0.05) is 30.1 Å². The van der Waals surface area contributed by atoms with E-state index in [1.54, 1.807) is 6.92 Å². The van der Waals surface area contributed by atoms with Crippen LogP contribution in [0.15, 0.2) is 36.7 Å². The number of nitrogens with zero attached hydrogens (tertiary/aromatic N) is 2. The molecular weight excluding hydrogens is 421 g/mol. The Morgan fingerprint density at radius 1 is 0.867 bits per heavy atom. The second-order valence-electron chi connectivity index (χ2n) is 6.05. The fourth-order valence-corrected chi connectivity index (χ4v) is 2.48. The maximum absolute atomic E-state index is 14.3. The lowest BCUT2D eigenvalue weighted by Crippen LogP contribution is -2.15. The molecule has 4 nitrogen and oxygen atoms in total. The van der Waals surface area contributed by atoms with Crippen molar-refractivity contribution in [3.8, 4) is 17.1 Å². The van der Waals surface area contributed by atoms with Crippen LogP contribution in [-0.4, -0.2) is 15.9 Å². The first-order valence-corrected chi connectivity index (χ1v) is 8.04. The summed E-state index contributed by atoms with van der Waals surface area (Å²) in [6.45, 7) is 1.69. The average molecular weight is 430 g/mol. The highest BCUT2D eigenvalue weighted by Gasteiger charge is 2.38. The van der Waals surface area contributed by atoms with Gasteiger partial charge in [-0.1, -0.05) is 0 Å². The van der Waals surface area contributed by atoms with E-state index in [1.165, 1.54) is 12.4 Å². The van der Waals surface area contributed by atoms with Gasteiger partial charge >= 0.3 is 12.1 Å². The third-order valence-electron chi connectivity index (χ3n) is 3.80. The molecule has 11 heteroatoms. The summed E-state index contributed by atoms with van der Waals surface area (Å²) in [5.74, 6) is -9.66. The van der Waals surface area contributed by atoms with Crippen LogP contribution in [0.3, 0.4) is 0 Å². The number of ether oxygens (including phenoxy) is 1. The first-order valence-electron chi connectivity index (χ1n) is 8.04. The summed E-state index contributed by atoms with van der Waals surface area (Å²) in [6.07, 6.45) is -2.54. The van der Waals surface area contributed by atoms with Crippen molar-refractivity contribution in [2.45, 2.75) is 13.1 Å². The molecule has 0 amide bonds. The van der Waals surface area contributed by atoms with Gasteiger partial charge in [-0.05, 0) is 24.6 Å². The fraction of sp³-hybridized carbons (Fsp3) is 0.105. The molecule has 3 rings (SSSR count). The smallest absolute Gasteiger partial charge is 0.422 e. The molecule has 2 aromatic carbocycles. The summed E-state index contributed by atoms with van der Waals surface area (Å²) in [6, 6.07) is 1.62. The summed E-state index contributed by atoms with van der Waals surface area (Å²) >= 11 is 0. The fourth-order valence-electron chi connectivity index (χ4n) is 2.48. The summed E-state index contributed by atoms with van der Waals surface area (Å²) in [4.78, 5) is 19.8. The average Bonchev–Trinajstić information content (AvgIpc) is 2.59. The van der Waals surface area contributed by atoms with Crippen molar-refractivity contribution in [3.63, 3.8) is 0 Å². The van der Waals surface area contributed by atoms with E-state index >= 15 is 0 Å². The Morgan fingerprint density at radius 3 is 1.83 bits per heavy atom. The minimum absolute atomic E-state index is 0.0369. The zero-order chi connectivity index (χ0) is 22.2. The molecule has 0 atom stereocenters. The van der Waals surface area contributed by atoms with Crippen LogP contribution in [0.25, 0.3) is 11.4 Å². The number of hydrogen-bond acceptors (Lipinski definition) is 4. The molecule has 0 saturated carbocycles. The number of aryl methyl sites for hydroxylation is 1. The van der Waals surface area contributed by atoms with Gasteiger partial charge in [-0.25, -0.2) is 32.3 Å². The number of hydrogen-bond donors (Lipinski definition) is 0. The number of aromatic nitrogens is 2. The van der Waals surface area contributed by atoms with E-state index in [9.17, 15) is 35.5 Å². The first kappa shape index (κ1) is 21.2. The quantitative estimate of drug-likeness (QED) is 0.324. The number of esters is 1. The molecule has 156 valence electrons. The zero-order valence-electron chi connectivity index (χ0n) is 14.8. The highest BCUT2D eigenvalue weighted by molar-refractivity contribution is 5.92. The number of carbonyl (C=O) groups is 1. The minimum atomic E-state index is -5.33. The summed E-state index contributed by atoms with van der Waals surface area (Å²) < 4.78 is 98.0. The van der Waals surface area contributed by atoms with Crippen LogP contribution < -0.4 is 4.74 Å². The molecule has 0 radical (unpaired) electrons. The van der Waals surface area contributed by atoms with Gasteiger partial charge in [-0.3, -0.25) is 0 Å². The maximum atomic E-state index is 14.3. The van der Waals surface area contributed by atoms with Crippen molar-refractivity contribution in [2.24, 2.45) is 0 Å². The van der Waals surface area contributed by atoms with Crippen molar-refractivity contribution in [1.82, 2.24) is 9.97 Å². The van der Waals surface area contributed by atoms with Crippen LogP contribution in [0.2, 0.25) is 0 Å². The molecule has 0 aliphatic heterocycles. The molecule has 1 heterocycles. The van der Waals surface area contributed by atoms with Gasteiger partial charge in [-0.15, -0.1) is 0 Å².